The van der Waals surface area contributed by atoms with Crippen molar-refractivity contribution in [2.75, 3.05) is 26.2 Å². The lowest BCUT2D eigenvalue weighted by atomic mass is 10.2. The number of hydrogen-bond donors (Lipinski definition) is 0. The molecule has 37 heavy (non-hydrogen) atoms. The second-order valence-electron chi connectivity index (χ2n) is 8.50. The SMILES string of the molecule is Cc1ccc(S(=O)(=O)[N-]CCN(CC[N-]S(=O)(=O)c2ccc(C)cc2)S(=O)(=O)c2ccc(C)cc2)cc1. The number of nitrogens with zero attached hydrogens (tertiary/aromatic N) is 3. The monoisotopic (exact) mass is 563 g/mol. The van der Waals surface area contributed by atoms with Crippen LogP contribution in [0.3, 0.4) is 0 Å². The summed E-state index contributed by atoms with van der Waals surface area (Å²) < 4.78 is 85.4. The molecule has 0 aromatic heterocycles. The lowest BCUT2D eigenvalue weighted by molar-refractivity contribution is 0.437. The largest absolute Gasteiger partial charge is 0.544 e. The predicted molar refractivity (Wildman–Crippen MR) is 143 cm³/mol. The molecule has 0 atom stereocenters. The number of rotatable bonds is 12. The average Bonchev–Trinajstić information content (AvgIpc) is 2.84. The third-order valence-electron chi connectivity index (χ3n) is 5.52. The van der Waals surface area contributed by atoms with Crippen LogP contribution in [-0.2, 0) is 30.1 Å². The zero-order valence-corrected chi connectivity index (χ0v) is 23.2. The second kappa shape index (κ2) is 11.8. The molecule has 3 rings (SSSR count). The molecule has 0 radical (unpaired) electrons. The Morgan fingerprint density at radius 3 is 1.14 bits per heavy atom. The first-order chi connectivity index (χ1) is 17.3. The molecule has 0 aliphatic rings. The molecule has 0 aliphatic heterocycles. The van der Waals surface area contributed by atoms with Crippen molar-refractivity contribution in [2.24, 2.45) is 0 Å². The highest BCUT2D eigenvalue weighted by Crippen LogP contribution is 2.21. The molecular formula is C25H29N3O6S3-2. The van der Waals surface area contributed by atoms with E-state index in [2.05, 4.69) is 9.44 Å². The van der Waals surface area contributed by atoms with Crippen molar-refractivity contribution in [3.8, 4) is 0 Å². The van der Waals surface area contributed by atoms with Gasteiger partial charge in [0.1, 0.15) is 20.0 Å². The van der Waals surface area contributed by atoms with Crippen LogP contribution in [0.25, 0.3) is 9.44 Å². The molecular weight excluding hydrogens is 534 g/mol. The van der Waals surface area contributed by atoms with Crippen LogP contribution in [-0.4, -0.2) is 55.7 Å². The van der Waals surface area contributed by atoms with Crippen molar-refractivity contribution in [1.29, 1.82) is 0 Å². The minimum atomic E-state index is -4.07. The molecule has 0 spiro atoms. The minimum Gasteiger partial charge on any atom is -0.544 e. The average molecular weight is 564 g/mol. The van der Waals surface area contributed by atoms with Crippen molar-refractivity contribution in [3.05, 3.63) is 98.9 Å². The topological polar surface area (TPSA) is 134 Å². The van der Waals surface area contributed by atoms with Crippen LogP contribution >= 0.6 is 0 Å². The molecule has 0 aliphatic carbocycles. The van der Waals surface area contributed by atoms with Gasteiger partial charge in [0.15, 0.2) is 0 Å². The summed E-state index contributed by atoms with van der Waals surface area (Å²) in [5.74, 6) is 0. The van der Waals surface area contributed by atoms with Crippen LogP contribution in [0.4, 0.5) is 0 Å². The number of sulfonamides is 3. The van der Waals surface area contributed by atoms with Gasteiger partial charge in [-0.15, -0.1) is 13.1 Å². The number of aryl methyl sites for hydroxylation is 3. The van der Waals surface area contributed by atoms with Gasteiger partial charge in [-0.2, -0.15) is 0 Å². The maximum absolute atomic E-state index is 13.3. The molecule has 0 heterocycles. The van der Waals surface area contributed by atoms with E-state index in [4.69, 9.17) is 0 Å². The van der Waals surface area contributed by atoms with Gasteiger partial charge in [0, 0.05) is 9.79 Å². The van der Waals surface area contributed by atoms with Crippen LogP contribution in [0.5, 0.6) is 0 Å². The maximum Gasteiger partial charge on any atom is 0.242 e. The van der Waals surface area contributed by atoms with Gasteiger partial charge in [-0.25, -0.2) is 29.6 Å². The van der Waals surface area contributed by atoms with Crippen LogP contribution in [0.15, 0.2) is 87.5 Å². The zero-order chi connectivity index (χ0) is 27.3. The molecule has 3 aromatic rings. The molecule has 9 nitrogen and oxygen atoms in total. The highest BCUT2D eigenvalue weighted by atomic mass is 32.2. The number of hydrogen-bond acceptors (Lipinski definition) is 6. The molecule has 0 amide bonds. The molecule has 0 saturated heterocycles. The van der Waals surface area contributed by atoms with Gasteiger partial charge in [-0.05, 0) is 70.3 Å². The number of benzene rings is 3. The Balaban J connectivity index is 1.75. The fourth-order valence-electron chi connectivity index (χ4n) is 3.33. The second-order valence-corrected chi connectivity index (χ2v) is 13.8. The summed E-state index contributed by atoms with van der Waals surface area (Å²) >= 11 is 0. The van der Waals surface area contributed by atoms with Gasteiger partial charge in [0.2, 0.25) is 10.0 Å². The Kier molecular flexibility index (Phi) is 9.27. The van der Waals surface area contributed by atoms with Crippen molar-refractivity contribution in [1.82, 2.24) is 4.31 Å². The van der Waals surface area contributed by atoms with Crippen LogP contribution in [0.2, 0.25) is 0 Å². The van der Waals surface area contributed by atoms with E-state index in [0.29, 0.717) is 0 Å². The van der Waals surface area contributed by atoms with Gasteiger partial charge >= 0.3 is 0 Å². The Morgan fingerprint density at radius 2 is 0.811 bits per heavy atom. The summed E-state index contributed by atoms with van der Waals surface area (Å²) in [5, 5.41) is 0. The minimum absolute atomic E-state index is 0.000818. The zero-order valence-electron chi connectivity index (χ0n) is 20.8. The molecule has 3 aromatic carbocycles. The Hall–Kier alpha value is -2.61. The molecule has 0 saturated carbocycles. The van der Waals surface area contributed by atoms with E-state index in [1.807, 2.05) is 20.8 Å². The van der Waals surface area contributed by atoms with Crippen LogP contribution in [0.1, 0.15) is 16.7 Å². The van der Waals surface area contributed by atoms with Crippen molar-refractivity contribution in [2.45, 2.75) is 35.5 Å². The van der Waals surface area contributed by atoms with E-state index in [-0.39, 0.29) is 40.9 Å². The Labute approximate surface area is 219 Å². The summed E-state index contributed by atoms with van der Waals surface area (Å²) in [4.78, 5) is 0.0105. The molecule has 12 heteroatoms. The van der Waals surface area contributed by atoms with E-state index < -0.39 is 30.1 Å². The maximum atomic E-state index is 13.3. The molecule has 0 bridgehead atoms. The van der Waals surface area contributed by atoms with E-state index in [1.54, 1.807) is 36.4 Å². The highest BCUT2D eigenvalue weighted by molar-refractivity contribution is 7.94. The quantitative estimate of drug-likeness (QED) is 0.325. The summed E-state index contributed by atoms with van der Waals surface area (Å²) in [6, 6.07) is 18.5. The third kappa shape index (κ3) is 7.69. The Morgan fingerprint density at radius 1 is 0.514 bits per heavy atom. The van der Waals surface area contributed by atoms with E-state index in [9.17, 15) is 25.3 Å². The molecule has 200 valence electrons. The summed E-state index contributed by atoms with van der Waals surface area (Å²) in [5.41, 5.74) is 2.64. The van der Waals surface area contributed by atoms with Gasteiger partial charge in [0.25, 0.3) is 0 Å². The molecule has 0 unspecified atom stereocenters. The standard InChI is InChI=1S/C25H29N3O6S3/c1-20-4-10-23(11-5-20)35(29,30)26-16-18-28(37(33,34)25-14-8-22(3)9-15-25)19-17-27-36(31,32)24-12-6-21(2)7-13-24/h4-15H,16-19H2,1-3H3/q-2. The van der Waals surface area contributed by atoms with Gasteiger partial charge in [-0.3, -0.25) is 0 Å². The third-order valence-corrected chi connectivity index (χ3v) is 10.2. The lowest BCUT2D eigenvalue weighted by Crippen LogP contribution is -2.36. The highest BCUT2D eigenvalue weighted by Gasteiger charge is 2.22. The smallest absolute Gasteiger partial charge is 0.242 e. The fraction of sp³-hybridized carbons (Fsp3) is 0.280. The fourth-order valence-corrected chi connectivity index (χ4v) is 6.65. The Bertz CT molecular complexity index is 1440. The van der Waals surface area contributed by atoms with Crippen LogP contribution in [0, 0.1) is 20.8 Å². The normalized spacial score (nSPS) is 12.6. The van der Waals surface area contributed by atoms with Gasteiger partial charge < -0.3 is 9.44 Å². The first kappa shape index (κ1) is 29.0. The summed E-state index contributed by atoms with van der Waals surface area (Å²) in [6.45, 7) is 4.23. The molecule has 0 N–H and O–H groups in total. The van der Waals surface area contributed by atoms with E-state index >= 15 is 0 Å². The first-order valence-corrected chi connectivity index (χ1v) is 15.7. The predicted octanol–water partition coefficient (Wildman–Crippen LogP) is 4.13. The van der Waals surface area contributed by atoms with Crippen molar-refractivity contribution in [3.63, 3.8) is 0 Å². The summed E-state index contributed by atoms with van der Waals surface area (Å²) in [6.07, 6.45) is 0. The summed E-state index contributed by atoms with van der Waals surface area (Å²) in [7, 11) is -12.0. The van der Waals surface area contributed by atoms with Crippen molar-refractivity contribution < 1.29 is 25.3 Å². The van der Waals surface area contributed by atoms with Crippen molar-refractivity contribution >= 4 is 30.1 Å². The van der Waals surface area contributed by atoms with Gasteiger partial charge in [-0.1, -0.05) is 53.1 Å². The van der Waals surface area contributed by atoms with E-state index in [1.165, 1.54) is 36.4 Å². The molecule has 0 fully saturated rings. The van der Waals surface area contributed by atoms with Crippen LogP contribution < -0.4 is 0 Å². The van der Waals surface area contributed by atoms with E-state index in [0.717, 1.165) is 21.0 Å². The lowest BCUT2D eigenvalue weighted by Gasteiger charge is -2.30. The van der Waals surface area contributed by atoms with Gasteiger partial charge in [0.05, 0.1) is 4.90 Å². The first-order valence-electron chi connectivity index (χ1n) is 11.4.